The Bertz CT molecular complexity index is 2680. The molecule has 0 bridgehead atoms. The molecule has 8 aromatic rings. The first-order valence-corrected chi connectivity index (χ1v) is 21.2. The number of hydrogen-bond donors (Lipinski definition) is 0. The fourth-order valence-electron chi connectivity index (χ4n) is 9.42. The molecule has 2 heteroatoms. The Balaban J connectivity index is 1.32. The van der Waals surface area contributed by atoms with Gasteiger partial charge >= 0.3 is 0 Å². The van der Waals surface area contributed by atoms with Crippen LogP contribution in [0.1, 0.15) is 88.8 Å². The van der Waals surface area contributed by atoms with E-state index in [-0.39, 0.29) is 16.2 Å². The minimum atomic E-state index is -0.302. The summed E-state index contributed by atoms with van der Waals surface area (Å²) in [6.07, 6.45) is 0. The van der Waals surface area contributed by atoms with Gasteiger partial charge < -0.3 is 9.80 Å². The van der Waals surface area contributed by atoms with Crippen molar-refractivity contribution in [3.05, 3.63) is 191 Å². The quantitative estimate of drug-likeness (QED) is 0.166. The van der Waals surface area contributed by atoms with E-state index in [2.05, 4.69) is 237 Å². The Kier molecular flexibility index (Phi) is 9.12. The molecule has 0 heterocycles. The van der Waals surface area contributed by atoms with Crippen molar-refractivity contribution in [2.45, 2.75) is 85.5 Å². The summed E-state index contributed by atoms with van der Waals surface area (Å²) in [4.78, 5) is 4.99. The van der Waals surface area contributed by atoms with Gasteiger partial charge in [0.25, 0.3) is 0 Å². The molecule has 294 valence electrons. The highest BCUT2D eigenvalue weighted by Crippen LogP contribution is 2.58. The number of hydrogen-bond acceptors (Lipinski definition) is 2. The van der Waals surface area contributed by atoms with Gasteiger partial charge in [-0.15, -0.1) is 0 Å². The summed E-state index contributed by atoms with van der Waals surface area (Å²) in [7, 11) is 0. The lowest BCUT2D eigenvalue weighted by Gasteiger charge is -2.32. The predicted octanol–water partition coefficient (Wildman–Crippen LogP) is 16.5. The van der Waals surface area contributed by atoms with Crippen molar-refractivity contribution >= 4 is 55.7 Å². The van der Waals surface area contributed by atoms with Gasteiger partial charge in [0.15, 0.2) is 0 Å². The van der Waals surface area contributed by atoms with Crippen LogP contribution in [0.4, 0.5) is 34.1 Å². The van der Waals surface area contributed by atoms with Gasteiger partial charge in [0.05, 0.1) is 11.4 Å². The molecule has 8 aromatic carbocycles. The van der Waals surface area contributed by atoms with Crippen molar-refractivity contribution in [3.63, 3.8) is 0 Å². The average molecular weight is 769 g/mol. The maximum atomic E-state index is 2.51. The summed E-state index contributed by atoms with van der Waals surface area (Å²) in [5.41, 5.74) is 17.4. The highest BCUT2D eigenvalue weighted by Gasteiger charge is 2.40. The monoisotopic (exact) mass is 768 g/mol. The second-order valence-electron chi connectivity index (χ2n) is 19.2. The van der Waals surface area contributed by atoms with Crippen LogP contribution >= 0.6 is 0 Å². The standard InChI is InChI=1S/C57H56N2/c1-37-19-11-17-25-49(37)58(41-31-27-39(28-32-41)55(3,4)5)51-35-47-53(45-23-15-13-21-43(45)51)54-46-24-16-14-22-44(46)52(36-48(54)57(47,9)10)59(50-26-18-12-20-38(50)2)42-33-29-40(30-34-42)56(6,7)8/h11-36H,1-10H3. The molecule has 0 saturated carbocycles. The molecule has 9 rings (SSSR count). The lowest BCUT2D eigenvalue weighted by atomic mass is 9.81. The van der Waals surface area contributed by atoms with Crippen molar-refractivity contribution < 1.29 is 0 Å². The molecule has 0 aliphatic heterocycles. The fourth-order valence-corrected chi connectivity index (χ4v) is 9.42. The topological polar surface area (TPSA) is 6.48 Å². The minimum absolute atomic E-state index is 0.0639. The normalized spacial score (nSPS) is 13.4. The second kappa shape index (κ2) is 14.0. The van der Waals surface area contributed by atoms with E-state index in [0.29, 0.717) is 0 Å². The van der Waals surface area contributed by atoms with Crippen LogP contribution in [0.5, 0.6) is 0 Å². The number of benzene rings is 8. The Morgan fingerprint density at radius 3 is 1.03 bits per heavy atom. The third kappa shape index (κ3) is 6.41. The van der Waals surface area contributed by atoms with E-state index in [4.69, 9.17) is 0 Å². The number of rotatable bonds is 6. The first kappa shape index (κ1) is 38.4. The van der Waals surface area contributed by atoms with Gasteiger partial charge in [-0.1, -0.05) is 165 Å². The van der Waals surface area contributed by atoms with Crippen LogP contribution < -0.4 is 9.80 Å². The van der Waals surface area contributed by atoms with Gasteiger partial charge in [-0.25, -0.2) is 0 Å². The molecule has 0 N–H and O–H groups in total. The van der Waals surface area contributed by atoms with Crippen LogP contribution in [0, 0.1) is 13.8 Å². The van der Waals surface area contributed by atoms with E-state index in [1.54, 1.807) is 0 Å². The van der Waals surface area contributed by atoms with Crippen LogP contribution in [0.2, 0.25) is 0 Å². The molecule has 1 aliphatic carbocycles. The van der Waals surface area contributed by atoms with Crippen LogP contribution in [0.3, 0.4) is 0 Å². The number of fused-ring (bicyclic) bond motifs is 7. The smallest absolute Gasteiger partial charge is 0.0543 e. The van der Waals surface area contributed by atoms with Crippen LogP contribution in [-0.4, -0.2) is 0 Å². The van der Waals surface area contributed by atoms with Crippen LogP contribution in [-0.2, 0) is 16.2 Å². The van der Waals surface area contributed by atoms with Gasteiger partial charge in [0.1, 0.15) is 0 Å². The maximum absolute atomic E-state index is 2.51. The molecule has 0 fully saturated rings. The van der Waals surface area contributed by atoms with Crippen molar-refractivity contribution in [2.75, 3.05) is 9.80 Å². The van der Waals surface area contributed by atoms with Gasteiger partial charge in [-0.05, 0) is 128 Å². The van der Waals surface area contributed by atoms with Gasteiger partial charge in [-0.3, -0.25) is 0 Å². The lowest BCUT2D eigenvalue weighted by Crippen LogP contribution is -2.19. The lowest BCUT2D eigenvalue weighted by molar-refractivity contribution is 0.590. The Labute approximate surface area is 351 Å². The second-order valence-corrected chi connectivity index (χ2v) is 19.2. The molecule has 0 aromatic heterocycles. The van der Waals surface area contributed by atoms with Crippen molar-refractivity contribution in [1.82, 2.24) is 0 Å². The Morgan fingerprint density at radius 2 is 0.695 bits per heavy atom. The van der Waals surface area contributed by atoms with E-state index in [1.165, 1.54) is 88.8 Å². The summed E-state index contributed by atoms with van der Waals surface area (Å²) < 4.78 is 0. The number of anilines is 6. The largest absolute Gasteiger partial charge is 0.310 e. The fraction of sp³-hybridized carbons (Fsp3) is 0.228. The van der Waals surface area contributed by atoms with Gasteiger partial charge in [-0.2, -0.15) is 0 Å². The van der Waals surface area contributed by atoms with E-state index in [1.807, 2.05) is 0 Å². The molecular formula is C57H56N2. The SMILES string of the molecule is Cc1ccccc1N(c1ccc(C(C)(C)C)cc1)c1cc2c(c3ccccc13)-c1c(cc(N(c3ccc(C(C)(C)C)cc3)c3ccccc3C)c3ccccc13)C2(C)C. The number of aryl methyl sites for hydroxylation is 2. The first-order chi connectivity index (χ1) is 28.1. The zero-order valence-corrected chi connectivity index (χ0v) is 36.4. The molecule has 0 unspecified atom stereocenters. The summed E-state index contributed by atoms with van der Waals surface area (Å²) in [5.74, 6) is 0. The van der Waals surface area contributed by atoms with Crippen molar-refractivity contribution in [3.8, 4) is 11.1 Å². The maximum Gasteiger partial charge on any atom is 0.0543 e. The summed E-state index contributed by atoms with van der Waals surface area (Å²) >= 11 is 0. The van der Waals surface area contributed by atoms with Crippen LogP contribution in [0.25, 0.3) is 32.7 Å². The zero-order chi connectivity index (χ0) is 41.4. The average Bonchev–Trinajstić information content (AvgIpc) is 3.45. The van der Waals surface area contributed by atoms with E-state index >= 15 is 0 Å². The Hall–Kier alpha value is -6.12. The van der Waals surface area contributed by atoms with E-state index in [9.17, 15) is 0 Å². The highest BCUT2D eigenvalue weighted by atomic mass is 15.2. The number of nitrogens with zero attached hydrogens (tertiary/aromatic N) is 2. The summed E-state index contributed by atoms with van der Waals surface area (Å²) in [5, 5.41) is 5.05. The predicted molar refractivity (Wildman–Crippen MR) is 255 cm³/mol. The van der Waals surface area contributed by atoms with E-state index in [0.717, 1.165) is 11.4 Å². The third-order valence-corrected chi connectivity index (χ3v) is 12.8. The molecule has 59 heavy (non-hydrogen) atoms. The highest BCUT2D eigenvalue weighted by molar-refractivity contribution is 6.17. The van der Waals surface area contributed by atoms with Crippen LogP contribution in [0.15, 0.2) is 158 Å². The zero-order valence-electron chi connectivity index (χ0n) is 36.4. The van der Waals surface area contributed by atoms with E-state index < -0.39 is 0 Å². The Morgan fingerprint density at radius 1 is 0.373 bits per heavy atom. The molecule has 1 aliphatic rings. The molecular weight excluding hydrogens is 713 g/mol. The van der Waals surface area contributed by atoms with Gasteiger partial charge in [0.2, 0.25) is 0 Å². The summed E-state index contributed by atoms with van der Waals surface area (Å²) in [6.45, 7) is 23.0. The molecule has 0 radical (unpaired) electrons. The molecule has 2 nitrogen and oxygen atoms in total. The van der Waals surface area contributed by atoms with Gasteiger partial charge in [0, 0.05) is 38.9 Å². The summed E-state index contributed by atoms with van der Waals surface area (Å²) in [6, 6.07) is 59.3. The molecule has 0 spiro atoms. The number of para-hydroxylation sites is 2. The first-order valence-electron chi connectivity index (χ1n) is 21.2. The third-order valence-electron chi connectivity index (χ3n) is 12.8. The molecule has 0 amide bonds. The molecule has 0 atom stereocenters. The van der Waals surface area contributed by atoms with Crippen molar-refractivity contribution in [2.24, 2.45) is 0 Å². The minimum Gasteiger partial charge on any atom is -0.310 e. The van der Waals surface area contributed by atoms with Crippen molar-refractivity contribution in [1.29, 1.82) is 0 Å². The molecule has 0 saturated heterocycles.